The summed E-state index contributed by atoms with van der Waals surface area (Å²) in [6.45, 7) is 3.23. The fourth-order valence-corrected chi connectivity index (χ4v) is 1.50. The van der Waals surface area contributed by atoms with Crippen LogP contribution < -0.4 is 16.8 Å². The van der Waals surface area contributed by atoms with Crippen molar-refractivity contribution in [2.45, 2.75) is 19.4 Å². The molecule has 0 bridgehead atoms. The number of fused-ring (bicyclic) bond motifs is 1. The van der Waals surface area contributed by atoms with Gasteiger partial charge in [0.2, 0.25) is 5.91 Å². The lowest BCUT2D eigenvalue weighted by molar-refractivity contribution is -0.120. The minimum atomic E-state index is -0.966. The van der Waals surface area contributed by atoms with Gasteiger partial charge < -0.3 is 15.5 Å². The Balaban J connectivity index is 2.37. The molecule has 0 unspecified atom stereocenters. The van der Waals surface area contributed by atoms with Crippen molar-refractivity contribution in [3.8, 4) is 0 Å². The number of carbonyl (C=O) groups is 1. The van der Waals surface area contributed by atoms with E-state index in [0.717, 1.165) is 0 Å². The van der Waals surface area contributed by atoms with Gasteiger partial charge in [-0.05, 0) is 26.0 Å². The van der Waals surface area contributed by atoms with Crippen molar-refractivity contribution < 1.29 is 9.21 Å². The molecule has 1 aromatic heterocycles. The number of nitrogens with one attached hydrogen (secondary N) is 1. The molecule has 0 aliphatic rings. The molecule has 96 valence electrons. The number of nitrogens with zero attached hydrogens (tertiary/aromatic N) is 1. The average Bonchev–Trinajstić information content (AvgIpc) is 2.53. The summed E-state index contributed by atoms with van der Waals surface area (Å²) in [6.07, 6.45) is 0. The van der Waals surface area contributed by atoms with Crippen molar-refractivity contribution >= 4 is 22.7 Å². The van der Waals surface area contributed by atoms with E-state index in [4.69, 9.17) is 10.2 Å². The molecule has 2 aromatic rings. The van der Waals surface area contributed by atoms with Crippen LogP contribution in [-0.4, -0.2) is 16.0 Å². The molecule has 0 aliphatic carbocycles. The van der Waals surface area contributed by atoms with Gasteiger partial charge in [0.25, 0.3) is 0 Å². The van der Waals surface area contributed by atoms with Gasteiger partial charge >= 0.3 is 5.76 Å². The highest BCUT2D eigenvalue weighted by Crippen LogP contribution is 2.18. The summed E-state index contributed by atoms with van der Waals surface area (Å²) >= 11 is 0. The van der Waals surface area contributed by atoms with Gasteiger partial charge in [-0.15, -0.1) is 0 Å². The standard InChI is InChI=1S/C12H15N3O3/c1-12(2,13)10(16)14-7-4-5-8-9(6-7)18-11(17)15(8)3/h4-6H,13H2,1-3H3,(H,14,16). The first kappa shape index (κ1) is 12.4. The molecule has 6 heteroatoms. The van der Waals surface area contributed by atoms with Crippen LogP contribution in [0, 0.1) is 0 Å². The fourth-order valence-electron chi connectivity index (χ4n) is 1.50. The second kappa shape index (κ2) is 3.99. The van der Waals surface area contributed by atoms with E-state index in [1.165, 1.54) is 4.57 Å². The molecular formula is C12H15N3O3. The summed E-state index contributed by atoms with van der Waals surface area (Å²) < 4.78 is 6.43. The van der Waals surface area contributed by atoms with Gasteiger partial charge in [0, 0.05) is 18.8 Å². The van der Waals surface area contributed by atoms with Gasteiger partial charge in [-0.3, -0.25) is 9.36 Å². The molecule has 2 rings (SSSR count). The maximum Gasteiger partial charge on any atom is 0.419 e. The molecule has 0 radical (unpaired) electrons. The summed E-state index contributed by atoms with van der Waals surface area (Å²) in [5.74, 6) is -0.743. The van der Waals surface area contributed by atoms with Crippen molar-refractivity contribution in [1.82, 2.24) is 4.57 Å². The first-order chi connectivity index (χ1) is 8.29. The Morgan fingerprint density at radius 2 is 2.11 bits per heavy atom. The second-order valence-corrected chi connectivity index (χ2v) is 4.79. The molecule has 0 fully saturated rings. The summed E-state index contributed by atoms with van der Waals surface area (Å²) in [5, 5.41) is 2.67. The summed E-state index contributed by atoms with van der Waals surface area (Å²) in [7, 11) is 1.62. The van der Waals surface area contributed by atoms with Crippen LogP contribution in [-0.2, 0) is 11.8 Å². The SMILES string of the molecule is Cn1c(=O)oc2cc(NC(=O)C(C)(C)N)ccc21. The molecule has 0 saturated carbocycles. The third-order valence-corrected chi connectivity index (χ3v) is 2.64. The number of hydrogen-bond acceptors (Lipinski definition) is 4. The smallest absolute Gasteiger partial charge is 0.408 e. The third-order valence-electron chi connectivity index (χ3n) is 2.64. The average molecular weight is 249 g/mol. The lowest BCUT2D eigenvalue weighted by Gasteiger charge is -2.17. The van der Waals surface area contributed by atoms with E-state index in [1.807, 2.05) is 0 Å². The Morgan fingerprint density at radius 3 is 2.72 bits per heavy atom. The molecule has 6 nitrogen and oxygen atoms in total. The Kier molecular flexibility index (Phi) is 2.74. The number of oxazole rings is 1. The zero-order valence-corrected chi connectivity index (χ0v) is 10.5. The van der Waals surface area contributed by atoms with E-state index in [0.29, 0.717) is 16.8 Å². The Hall–Kier alpha value is -2.08. The predicted molar refractivity (Wildman–Crippen MR) is 68.4 cm³/mol. The van der Waals surface area contributed by atoms with Gasteiger partial charge in [-0.1, -0.05) is 0 Å². The van der Waals surface area contributed by atoms with Gasteiger partial charge in [-0.2, -0.15) is 0 Å². The van der Waals surface area contributed by atoms with Crippen LogP contribution >= 0.6 is 0 Å². The molecule has 0 spiro atoms. The third kappa shape index (κ3) is 2.14. The zero-order chi connectivity index (χ0) is 13.5. The number of amides is 1. The van der Waals surface area contributed by atoms with Gasteiger partial charge in [0.1, 0.15) is 0 Å². The first-order valence-corrected chi connectivity index (χ1v) is 5.49. The monoisotopic (exact) mass is 249 g/mol. The van der Waals surface area contributed by atoms with E-state index >= 15 is 0 Å². The molecular weight excluding hydrogens is 234 g/mol. The Labute approximate surface area is 103 Å². The van der Waals surface area contributed by atoms with Crippen LogP contribution in [0.3, 0.4) is 0 Å². The number of aryl methyl sites for hydroxylation is 1. The first-order valence-electron chi connectivity index (χ1n) is 5.49. The largest absolute Gasteiger partial charge is 0.419 e. The quantitative estimate of drug-likeness (QED) is 0.824. The number of hydrogen-bond donors (Lipinski definition) is 2. The normalized spacial score (nSPS) is 11.8. The van der Waals surface area contributed by atoms with Crippen LogP contribution in [0.5, 0.6) is 0 Å². The van der Waals surface area contributed by atoms with Crippen LogP contribution in [0.4, 0.5) is 5.69 Å². The number of aromatic nitrogens is 1. The molecule has 3 N–H and O–H groups in total. The summed E-state index contributed by atoms with van der Waals surface area (Å²) in [5.41, 5.74) is 6.35. The van der Waals surface area contributed by atoms with Gasteiger partial charge in [0.15, 0.2) is 5.58 Å². The minimum Gasteiger partial charge on any atom is -0.408 e. The van der Waals surface area contributed by atoms with Crippen molar-refractivity contribution in [2.75, 3.05) is 5.32 Å². The number of carbonyl (C=O) groups excluding carboxylic acids is 1. The van der Waals surface area contributed by atoms with Crippen LogP contribution in [0.1, 0.15) is 13.8 Å². The maximum atomic E-state index is 11.7. The highest BCUT2D eigenvalue weighted by molar-refractivity contribution is 5.98. The molecule has 1 amide bonds. The molecule has 0 aliphatic heterocycles. The van der Waals surface area contributed by atoms with Crippen LogP contribution in [0.2, 0.25) is 0 Å². The van der Waals surface area contributed by atoms with Crippen molar-refractivity contribution in [1.29, 1.82) is 0 Å². The Bertz CT molecular complexity index is 661. The Morgan fingerprint density at radius 1 is 1.44 bits per heavy atom. The van der Waals surface area contributed by atoms with Crippen molar-refractivity contribution in [3.63, 3.8) is 0 Å². The predicted octanol–water partition coefficient (Wildman–Crippen LogP) is 0.807. The second-order valence-electron chi connectivity index (χ2n) is 4.79. The molecule has 1 aromatic carbocycles. The molecule has 0 atom stereocenters. The summed E-state index contributed by atoms with van der Waals surface area (Å²) in [4.78, 5) is 23.0. The number of rotatable bonds is 2. The fraction of sp³-hybridized carbons (Fsp3) is 0.333. The number of nitrogens with two attached hydrogens (primary N) is 1. The van der Waals surface area contributed by atoms with Crippen LogP contribution in [0.15, 0.2) is 27.4 Å². The maximum absolute atomic E-state index is 11.7. The lowest BCUT2D eigenvalue weighted by atomic mass is 10.1. The topological polar surface area (TPSA) is 90.3 Å². The number of benzene rings is 1. The van der Waals surface area contributed by atoms with Gasteiger partial charge in [0.05, 0.1) is 11.1 Å². The van der Waals surface area contributed by atoms with E-state index in [-0.39, 0.29) is 5.91 Å². The summed E-state index contributed by atoms with van der Waals surface area (Å²) in [6, 6.07) is 5.00. The highest BCUT2D eigenvalue weighted by atomic mass is 16.4. The van der Waals surface area contributed by atoms with E-state index < -0.39 is 11.3 Å². The van der Waals surface area contributed by atoms with Crippen molar-refractivity contribution in [2.24, 2.45) is 12.8 Å². The molecule has 1 heterocycles. The van der Waals surface area contributed by atoms with Crippen LogP contribution in [0.25, 0.3) is 11.1 Å². The number of anilines is 1. The molecule has 0 saturated heterocycles. The zero-order valence-electron chi connectivity index (χ0n) is 10.5. The minimum absolute atomic E-state index is 0.305. The van der Waals surface area contributed by atoms with Crippen molar-refractivity contribution in [3.05, 3.63) is 28.7 Å². The van der Waals surface area contributed by atoms with E-state index in [1.54, 1.807) is 39.1 Å². The van der Waals surface area contributed by atoms with Gasteiger partial charge in [-0.25, -0.2) is 4.79 Å². The van der Waals surface area contributed by atoms with E-state index in [2.05, 4.69) is 5.32 Å². The highest BCUT2D eigenvalue weighted by Gasteiger charge is 2.22. The van der Waals surface area contributed by atoms with E-state index in [9.17, 15) is 9.59 Å². The lowest BCUT2D eigenvalue weighted by Crippen LogP contribution is -2.45. The molecule has 18 heavy (non-hydrogen) atoms.